The Kier molecular flexibility index (Phi) is 3.05. The Hall–Kier alpha value is -2.70. The molecule has 1 heterocycles. The van der Waals surface area contributed by atoms with Gasteiger partial charge in [-0.15, -0.1) is 0 Å². The number of fused-ring (bicyclic) bond motifs is 1. The Morgan fingerprint density at radius 2 is 2.22 bits per heavy atom. The number of hydrogen-bond donors (Lipinski definition) is 1. The SMILES string of the molecule is CNC(=O)Oc1ccc([N+](=O)[O-])c2cccnc12. The maximum atomic E-state index is 11.1. The van der Waals surface area contributed by atoms with E-state index in [1.807, 2.05) is 0 Å². The Balaban J connectivity index is 2.61. The molecule has 7 nitrogen and oxygen atoms in total. The van der Waals surface area contributed by atoms with Crippen molar-refractivity contribution in [3.8, 4) is 5.75 Å². The maximum Gasteiger partial charge on any atom is 0.412 e. The number of nitro benzene ring substituents is 1. The van der Waals surface area contributed by atoms with Crippen LogP contribution in [0.15, 0.2) is 30.5 Å². The number of ether oxygens (including phenoxy) is 1. The van der Waals surface area contributed by atoms with Gasteiger partial charge < -0.3 is 10.1 Å². The van der Waals surface area contributed by atoms with Gasteiger partial charge in [0.05, 0.1) is 10.3 Å². The predicted octanol–water partition coefficient (Wildman–Crippen LogP) is 1.86. The number of amides is 1. The molecule has 0 saturated carbocycles. The molecule has 0 saturated heterocycles. The second-order valence-corrected chi connectivity index (χ2v) is 3.38. The van der Waals surface area contributed by atoms with Crippen molar-refractivity contribution in [3.05, 3.63) is 40.6 Å². The molecule has 1 N–H and O–H groups in total. The van der Waals surface area contributed by atoms with E-state index in [9.17, 15) is 14.9 Å². The molecule has 7 heteroatoms. The summed E-state index contributed by atoms with van der Waals surface area (Å²) in [6, 6.07) is 5.77. The highest BCUT2D eigenvalue weighted by Crippen LogP contribution is 2.31. The lowest BCUT2D eigenvalue weighted by molar-refractivity contribution is -0.383. The fourth-order valence-electron chi connectivity index (χ4n) is 1.52. The molecule has 2 rings (SSSR count). The molecule has 0 atom stereocenters. The van der Waals surface area contributed by atoms with Gasteiger partial charge in [-0.1, -0.05) is 0 Å². The van der Waals surface area contributed by atoms with Crippen LogP contribution in [-0.2, 0) is 0 Å². The monoisotopic (exact) mass is 247 g/mol. The third-order valence-corrected chi connectivity index (χ3v) is 2.31. The topological polar surface area (TPSA) is 94.4 Å². The predicted molar refractivity (Wildman–Crippen MR) is 63.5 cm³/mol. The maximum absolute atomic E-state index is 11.1. The van der Waals surface area contributed by atoms with Crippen molar-refractivity contribution < 1.29 is 14.5 Å². The summed E-state index contributed by atoms with van der Waals surface area (Å²) in [5.74, 6) is 0.176. The van der Waals surface area contributed by atoms with Crippen molar-refractivity contribution in [2.75, 3.05) is 7.05 Å². The van der Waals surface area contributed by atoms with Gasteiger partial charge in [-0.3, -0.25) is 15.1 Å². The van der Waals surface area contributed by atoms with Crippen molar-refractivity contribution in [1.82, 2.24) is 10.3 Å². The lowest BCUT2D eigenvalue weighted by Crippen LogP contribution is -2.22. The average molecular weight is 247 g/mol. The molecular formula is C11H9N3O4. The number of non-ortho nitro benzene ring substituents is 1. The summed E-state index contributed by atoms with van der Waals surface area (Å²) in [5.41, 5.74) is 0.192. The summed E-state index contributed by atoms with van der Waals surface area (Å²) in [4.78, 5) is 25.5. The highest BCUT2D eigenvalue weighted by atomic mass is 16.6. The van der Waals surface area contributed by atoms with E-state index in [1.165, 1.54) is 25.4 Å². The molecule has 0 bridgehead atoms. The second kappa shape index (κ2) is 4.66. The minimum atomic E-state index is -0.657. The largest absolute Gasteiger partial charge is 0.412 e. The van der Waals surface area contributed by atoms with Crippen LogP contribution in [0.1, 0.15) is 0 Å². The Bertz CT molecular complexity index is 627. The van der Waals surface area contributed by atoms with E-state index in [0.29, 0.717) is 5.39 Å². The van der Waals surface area contributed by atoms with E-state index in [1.54, 1.807) is 12.1 Å². The van der Waals surface area contributed by atoms with E-state index in [2.05, 4.69) is 10.3 Å². The van der Waals surface area contributed by atoms with E-state index >= 15 is 0 Å². The molecule has 0 unspecified atom stereocenters. The average Bonchev–Trinajstić information content (AvgIpc) is 2.38. The van der Waals surface area contributed by atoms with Gasteiger partial charge in [0.15, 0.2) is 5.75 Å². The zero-order valence-electron chi connectivity index (χ0n) is 9.41. The van der Waals surface area contributed by atoms with E-state index < -0.39 is 11.0 Å². The van der Waals surface area contributed by atoms with Gasteiger partial charge in [0, 0.05) is 19.3 Å². The summed E-state index contributed by atoms with van der Waals surface area (Å²) in [6.45, 7) is 0. The van der Waals surface area contributed by atoms with Gasteiger partial charge in [-0.2, -0.15) is 0 Å². The minimum Gasteiger partial charge on any atom is -0.408 e. The van der Waals surface area contributed by atoms with Crippen molar-refractivity contribution in [3.63, 3.8) is 0 Å². The van der Waals surface area contributed by atoms with Crippen molar-refractivity contribution in [2.24, 2.45) is 0 Å². The molecule has 0 aliphatic rings. The normalized spacial score (nSPS) is 10.1. The van der Waals surface area contributed by atoms with Crippen molar-refractivity contribution in [2.45, 2.75) is 0 Å². The zero-order valence-corrected chi connectivity index (χ0v) is 9.41. The first kappa shape index (κ1) is 11.8. The minimum absolute atomic E-state index is 0.0812. The first-order valence-electron chi connectivity index (χ1n) is 5.05. The summed E-state index contributed by atoms with van der Waals surface area (Å²) in [6.07, 6.45) is 0.818. The highest BCUT2D eigenvalue weighted by Gasteiger charge is 2.16. The van der Waals surface area contributed by atoms with Gasteiger partial charge in [0.1, 0.15) is 5.52 Å². The molecule has 0 radical (unpaired) electrons. The van der Waals surface area contributed by atoms with Gasteiger partial charge >= 0.3 is 6.09 Å². The standard InChI is InChI=1S/C11H9N3O4/c1-12-11(15)18-9-5-4-8(14(16)17)7-3-2-6-13-10(7)9/h2-6H,1H3,(H,12,15). The third-order valence-electron chi connectivity index (χ3n) is 2.31. The number of rotatable bonds is 2. The fourth-order valence-corrected chi connectivity index (χ4v) is 1.52. The molecule has 92 valence electrons. The third kappa shape index (κ3) is 2.05. The number of nitro groups is 1. The molecule has 0 aliphatic carbocycles. The van der Waals surface area contributed by atoms with Gasteiger partial charge in [-0.05, 0) is 18.2 Å². The van der Waals surface area contributed by atoms with Gasteiger partial charge in [0.25, 0.3) is 5.69 Å². The van der Waals surface area contributed by atoms with Crippen molar-refractivity contribution in [1.29, 1.82) is 0 Å². The number of benzene rings is 1. The molecule has 1 amide bonds. The Morgan fingerprint density at radius 1 is 1.44 bits per heavy atom. The molecule has 0 fully saturated rings. The summed E-state index contributed by atoms with van der Waals surface area (Å²) in [7, 11) is 1.42. The number of aromatic nitrogens is 1. The quantitative estimate of drug-likeness (QED) is 0.645. The van der Waals surface area contributed by atoms with E-state index in [0.717, 1.165) is 0 Å². The van der Waals surface area contributed by atoms with Gasteiger partial charge in [0.2, 0.25) is 0 Å². The zero-order chi connectivity index (χ0) is 13.1. The molecule has 18 heavy (non-hydrogen) atoms. The first-order valence-corrected chi connectivity index (χ1v) is 5.05. The molecule has 1 aromatic carbocycles. The number of nitrogens with zero attached hydrogens (tertiary/aromatic N) is 2. The van der Waals surface area contributed by atoms with Crippen LogP contribution in [0, 0.1) is 10.1 Å². The molecule has 1 aromatic heterocycles. The van der Waals surface area contributed by atoms with Crippen LogP contribution >= 0.6 is 0 Å². The smallest absolute Gasteiger partial charge is 0.408 e. The Morgan fingerprint density at radius 3 is 2.89 bits per heavy atom. The number of nitrogens with one attached hydrogen (secondary N) is 1. The van der Waals surface area contributed by atoms with Crippen LogP contribution in [0.4, 0.5) is 10.5 Å². The van der Waals surface area contributed by atoms with Crippen LogP contribution in [0.25, 0.3) is 10.9 Å². The van der Waals surface area contributed by atoms with E-state index in [4.69, 9.17) is 4.74 Å². The fraction of sp³-hybridized carbons (Fsp3) is 0.0909. The first-order chi connectivity index (χ1) is 8.63. The van der Waals surface area contributed by atoms with Crippen molar-refractivity contribution >= 4 is 22.7 Å². The van der Waals surface area contributed by atoms with Crippen LogP contribution in [0.3, 0.4) is 0 Å². The van der Waals surface area contributed by atoms with Crippen LogP contribution in [-0.4, -0.2) is 23.0 Å². The lowest BCUT2D eigenvalue weighted by Gasteiger charge is -2.06. The van der Waals surface area contributed by atoms with Crippen LogP contribution < -0.4 is 10.1 Å². The lowest BCUT2D eigenvalue weighted by atomic mass is 10.1. The highest BCUT2D eigenvalue weighted by molar-refractivity contribution is 5.93. The molecule has 2 aromatic rings. The Labute approximate surface area is 102 Å². The number of carbonyl (C=O) groups excluding carboxylic acids is 1. The summed E-state index contributed by atoms with van der Waals surface area (Å²) < 4.78 is 4.98. The van der Waals surface area contributed by atoms with Crippen LogP contribution in [0.2, 0.25) is 0 Å². The molecule has 0 spiro atoms. The van der Waals surface area contributed by atoms with Crippen LogP contribution in [0.5, 0.6) is 5.75 Å². The number of hydrogen-bond acceptors (Lipinski definition) is 5. The van der Waals surface area contributed by atoms with Gasteiger partial charge in [-0.25, -0.2) is 4.79 Å². The van der Waals surface area contributed by atoms with E-state index in [-0.39, 0.29) is 17.0 Å². The summed E-state index contributed by atoms with van der Waals surface area (Å²) in [5, 5.41) is 13.5. The summed E-state index contributed by atoms with van der Waals surface area (Å²) >= 11 is 0. The number of carbonyl (C=O) groups is 1. The molecular weight excluding hydrogens is 238 g/mol. The number of pyridine rings is 1. The second-order valence-electron chi connectivity index (χ2n) is 3.38. The molecule has 0 aliphatic heterocycles.